The van der Waals surface area contributed by atoms with Gasteiger partial charge in [0.1, 0.15) is 12.1 Å². The molecule has 0 unspecified atom stereocenters. The molecule has 0 saturated heterocycles. The molecule has 1 heterocycles. The monoisotopic (exact) mass is 538 g/mol. The highest BCUT2D eigenvalue weighted by atomic mass is 35.5. The Morgan fingerprint density at radius 1 is 0.946 bits per heavy atom. The van der Waals surface area contributed by atoms with E-state index in [0.29, 0.717) is 5.02 Å². The zero-order valence-electron chi connectivity index (χ0n) is 19.1. The van der Waals surface area contributed by atoms with Gasteiger partial charge in [-0.15, -0.1) is 0 Å². The largest absolute Gasteiger partial charge is 0.482 e. The van der Waals surface area contributed by atoms with E-state index in [1.165, 1.54) is 12.1 Å². The average Bonchev–Trinajstić information content (AvgIpc) is 2.91. The van der Waals surface area contributed by atoms with Crippen molar-refractivity contribution < 1.29 is 14.5 Å². The fraction of sp³-hybridized carbons (Fsp3) is 0.0800. The lowest BCUT2D eigenvalue weighted by Crippen LogP contribution is -2.34. The third-order valence-electron chi connectivity index (χ3n) is 5.12. The normalized spacial score (nSPS) is 10.6. The van der Waals surface area contributed by atoms with Gasteiger partial charge in [-0.1, -0.05) is 83.9 Å². The Morgan fingerprint density at radius 2 is 1.57 bits per heavy atom. The van der Waals surface area contributed by atoms with Gasteiger partial charge in [-0.25, -0.2) is 9.97 Å². The molecule has 0 aliphatic rings. The van der Waals surface area contributed by atoms with Crippen molar-refractivity contribution in [2.24, 2.45) is 0 Å². The van der Waals surface area contributed by atoms with Gasteiger partial charge in [0.2, 0.25) is 11.6 Å². The van der Waals surface area contributed by atoms with Gasteiger partial charge in [0.15, 0.2) is 6.61 Å². The van der Waals surface area contributed by atoms with Gasteiger partial charge >= 0.3 is 5.69 Å². The molecule has 1 amide bonds. The first kappa shape index (κ1) is 25.7. The third-order valence-corrected chi connectivity index (χ3v) is 5.66. The van der Waals surface area contributed by atoms with Gasteiger partial charge in [-0.3, -0.25) is 25.8 Å². The van der Waals surface area contributed by atoms with E-state index in [4.69, 9.17) is 27.9 Å². The van der Waals surface area contributed by atoms with E-state index in [1.54, 1.807) is 6.07 Å². The van der Waals surface area contributed by atoms with Crippen LogP contribution in [0.1, 0.15) is 17.2 Å². The van der Waals surface area contributed by atoms with Crippen molar-refractivity contribution in [2.45, 2.75) is 6.04 Å². The first-order chi connectivity index (χ1) is 17.9. The number of hydrazine groups is 1. The van der Waals surface area contributed by atoms with Crippen LogP contribution in [0, 0.1) is 10.1 Å². The van der Waals surface area contributed by atoms with E-state index in [1.807, 2.05) is 60.7 Å². The second-order valence-electron chi connectivity index (χ2n) is 7.61. The van der Waals surface area contributed by atoms with Gasteiger partial charge in [-0.2, -0.15) is 0 Å². The van der Waals surface area contributed by atoms with Gasteiger partial charge in [0.25, 0.3) is 5.91 Å². The zero-order valence-corrected chi connectivity index (χ0v) is 20.6. The number of nitrogens with zero attached hydrogens (tertiary/aromatic N) is 3. The number of hydrogen-bond donors (Lipinski definition) is 3. The molecule has 0 saturated carbocycles. The molecule has 0 fully saturated rings. The highest BCUT2D eigenvalue weighted by molar-refractivity contribution is 6.35. The number of benzene rings is 3. The Kier molecular flexibility index (Phi) is 8.34. The highest BCUT2D eigenvalue weighted by Crippen LogP contribution is 2.33. The summed E-state index contributed by atoms with van der Waals surface area (Å²) in [6.45, 7) is -0.414. The Hall–Kier alpha value is -4.41. The van der Waals surface area contributed by atoms with E-state index >= 15 is 0 Å². The molecule has 0 aliphatic carbocycles. The second-order valence-corrected chi connectivity index (χ2v) is 8.46. The summed E-state index contributed by atoms with van der Waals surface area (Å²) in [4.78, 5) is 31.7. The van der Waals surface area contributed by atoms with Gasteiger partial charge in [0.05, 0.1) is 16.0 Å². The SMILES string of the molecule is O=C(COc1ccc(Cl)cc1Cl)NNc1ncnc(NC(c2ccccc2)c2ccccc2)c1[N+](=O)[O-]. The van der Waals surface area contributed by atoms with Crippen LogP contribution in [0.4, 0.5) is 17.3 Å². The molecule has 0 spiro atoms. The summed E-state index contributed by atoms with van der Waals surface area (Å²) in [5.74, 6) is -0.604. The molecule has 10 nitrogen and oxygen atoms in total. The minimum absolute atomic E-state index is 0.0290. The maximum atomic E-state index is 12.3. The summed E-state index contributed by atoms with van der Waals surface area (Å²) in [6, 6.07) is 23.0. The average molecular weight is 539 g/mol. The lowest BCUT2D eigenvalue weighted by atomic mass is 9.99. The molecule has 4 aromatic rings. The van der Waals surface area contributed by atoms with Crippen LogP contribution < -0.4 is 20.9 Å². The lowest BCUT2D eigenvalue weighted by Gasteiger charge is -2.20. The van der Waals surface area contributed by atoms with E-state index in [9.17, 15) is 14.9 Å². The van der Waals surface area contributed by atoms with E-state index < -0.39 is 29.2 Å². The number of halogens is 2. The number of carbonyl (C=O) groups is 1. The number of hydrogen-bond acceptors (Lipinski definition) is 8. The number of rotatable bonds is 10. The molecule has 0 atom stereocenters. The highest BCUT2D eigenvalue weighted by Gasteiger charge is 2.26. The van der Waals surface area contributed by atoms with Crippen LogP contribution in [-0.4, -0.2) is 27.4 Å². The van der Waals surface area contributed by atoms with Crippen molar-refractivity contribution >= 4 is 46.4 Å². The van der Waals surface area contributed by atoms with Crippen LogP contribution in [-0.2, 0) is 4.79 Å². The number of anilines is 2. The molecule has 0 radical (unpaired) electrons. The standard InChI is InChI=1S/C25H20Cl2N6O4/c26-18-11-12-20(19(27)13-18)37-14-21(34)31-32-25-23(33(35)36)24(28-15-29-25)30-22(16-7-3-1-4-8-16)17-9-5-2-6-10-17/h1-13,15,22H,14H2,(H,31,34)(H2,28,29,30,32). The lowest BCUT2D eigenvalue weighted by molar-refractivity contribution is -0.383. The summed E-state index contributed by atoms with van der Waals surface area (Å²) >= 11 is 11.9. The summed E-state index contributed by atoms with van der Waals surface area (Å²) in [7, 11) is 0. The predicted octanol–water partition coefficient (Wildman–Crippen LogP) is 5.42. The van der Waals surface area contributed by atoms with Crippen LogP contribution in [0.25, 0.3) is 0 Å². The van der Waals surface area contributed by atoms with E-state index in [2.05, 4.69) is 26.1 Å². The van der Waals surface area contributed by atoms with Crippen molar-refractivity contribution in [1.29, 1.82) is 0 Å². The number of amides is 1. The fourth-order valence-electron chi connectivity index (χ4n) is 3.44. The first-order valence-electron chi connectivity index (χ1n) is 10.9. The molecular weight excluding hydrogens is 519 g/mol. The number of carbonyl (C=O) groups excluding carboxylic acids is 1. The van der Waals surface area contributed by atoms with Crippen molar-refractivity contribution in [2.75, 3.05) is 17.3 Å². The Balaban J connectivity index is 1.51. The zero-order chi connectivity index (χ0) is 26.2. The van der Waals surface area contributed by atoms with Gasteiger partial charge in [-0.05, 0) is 29.3 Å². The van der Waals surface area contributed by atoms with Crippen LogP contribution in [0.15, 0.2) is 85.2 Å². The van der Waals surface area contributed by atoms with Crippen LogP contribution >= 0.6 is 23.2 Å². The summed E-state index contributed by atoms with van der Waals surface area (Å²) < 4.78 is 5.37. The van der Waals surface area contributed by atoms with E-state index in [0.717, 1.165) is 17.5 Å². The fourth-order valence-corrected chi connectivity index (χ4v) is 3.90. The second kappa shape index (κ2) is 12.0. The molecule has 0 aliphatic heterocycles. The quantitative estimate of drug-likeness (QED) is 0.180. The minimum atomic E-state index is -0.631. The summed E-state index contributed by atoms with van der Waals surface area (Å²) in [5, 5.41) is 15.8. The number of aromatic nitrogens is 2. The van der Waals surface area contributed by atoms with Crippen LogP contribution in [0.5, 0.6) is 5.75 Å². The molecule has 37 heavy (non-hydrogen) atoms. The molecular formula is C25H20Cl2N6O4. The smallest absolute Gasteiger partial charge is 0.354 e. The van der Waals surface area contributed by atoms with Crippen molar-refractivity contribution in [3.05, 3.63) is 116 Å². The van der Waals surface area contributed by atoms with Gasteiger partial charge in [0, 0.05) is 5.02 Å². The predicted molar refractivity (Wildman–Crippen MR) is 141 cm³/mol. The van der Waals surface area contributed by atoms with Crippen molar-refractivity contribution in [3.63, 3.8) is 0 Å². The molecule has 12 heteroatoms. The number of ether oxygens (including phenoxy) is 1. The molecule has 0 bridgehead atoms. The molecule has 3 aromatic carbocycles. The maximum Gasteiger partial charge on any atom is 0.354 e. The topological polar surface area (TPSA) is 131 Å². The first-order valence-corrected chi connectivity index (χ1v) is 11.7. The maximum absolute atomic E-state index is 12.3. The van der Waals surface area contributed by atoms with E-state index in [-0.39, 0.29) is 22.4 Å². The number of nitrogens with one attached hydrogen (secondary N) is 3. The third kappa shape index (κ3) is 6.63. The van der Waals surface area contributed by atoms with Crippen LogP contribution in [0.3, 0.4) is 0 Å². The Morgan fingerprint density at radius 3 is 2.16 bits per heavy atom. The molecule has 188 valence electrons. The summed E-state index contributed by atoms with van der Waals surface area (Å²) in [5.41, 5.74) is 6.13. The molecule has 1 aromatic heterocycles. The van der Waals surface area contributed by atoms with Gasteiger partial charge < -0.3 is 10.1 Å². The van der Waals surface area contributed by atoms with Crippen molar-refractivity contribution in [1.82, 2.24) is 15.4 Å². The Labute approximate surface area is 221 Å². The van der Waals surface area contributed by atoms with Crippen molar-refractivity contribution in [3.8, 4) is 5.75 Å². The molecule has 4 rings (SSSR count). The van der Waals surface area contributed by atoms with Crippen LogP contribution in [0.2, 0.25) is 10.0 Å². The minimum Gasteiger partial charge on any atom is -0.482 e. The number of nitro groups is 1. The Bertz CT molecular complexity index is 1350. The molecule has 3 N–H and O–H groups in total. The summed E-state index contributed by atoms with van der Waals surface area (Å²) in [6.07, 6.45) is 1.15.